The van der Waals surface area contributed by atoms with E-state index in [1.54, 1.807) is 0 Å². The summed E-state index contributed by atoms with van der Waals surface area (Å²) in [7, 11) is 0. The maximum Gasteiger partial charge on any atom is 0.252 e. The number of amides is 1. The number of rotatable bonds is 2. The zero-order valence-corrected chi connectivity index (χ0v) is 10.0. The highest BCUT2D eigenvalue weighted by Gasteiger charge is 2.54. The van der Waals surface area contributed by atoms with Crippen molar-refractivity contribution in [1.29, 1.82) is 0 Å². The molecule has 2 fully saturated rings. The van der Waals surface area contributed by atoms with E-state index in [4.69, 9.17) is 11.6 Å². The van der Waals surface area contributed by atoms with Gasteiger partial charge < -0.3 is 4.90 Å². The molecule has 1 aliphatic carbocycles. The Morgan fingerprint density at radius 3 is 2.81 bits per heavy atom. The summed E-state index contributed by atoms with van der Waals surface area (Å²) in [6.07, 6.45) is 1.05. The van der Waals surface area contributed by atoms with Crippen LogP contribution in [0.4, 0.5) is 8.78 Å². The second-order valence-electron chi connectivity index (χ2n) is 4.79. The van der Waals surface area contributed by atoms with Gasteiger partial charge in [0.05, 0.1) is 0 Å². The van der Waals surface area contributed by atoms with E-state index in [0.29, 0.717) is 19.4 Å². The zero-order valence-electron chi connectivity index (χ0n) is 9.26. The van der Waals surface area contributed by atoms with Crippen LogP contribution in [0.2, 0.25) is 0 Å². The van der Waals surface area contributed by atoms with E-state index in [0.717, 1.165) is 0 Å². The molecule has 2 rings (SSSR count). The van der Waals surface area contributed by atoms with Gasteiger partial charge in [-0.2, -0.15) is 0 Å². The number of carbonyl (C=O) groups is 1. The van der Waals surface area contributed by atoms with Crippen molar-refractivity contribution in [1.82, 2.24) is 4.90 Å². The minimum Gasteiger partial charge on any atom is -0.341 e. The van der Waals surface area contributed by atoms with Crippen molar-refractivity contribution in [3.8, 4) is 0 Å². The molecule has 0 unspecified atom stereocenters. The molecule has 92 valence electrons. The third-order valence-electron chi connectivity index (χ3n) is 3.77. The normalized spacial score (nSPS) is 33.9. The maximum absolute atomic E-state index is 13.4. The quantitative estimate of drug-likeness (QED) is 0.691. The number of carbonyl (C=O) groups excluding carboxylic acids is 1. The average Bonchev–Trinajstić information content (AvgIpc) is 2.78. The molecule has 0 aromatic rings. The van der Waals surface area contributed by atoms with E-state index < -0.39 is 17.2 Å². The highest BCUT2D eigenvalue weighted by molar-refractivity contribution is 6.30. The Morgan fingerprint density at radius 2 is 2.25 bits per heavy atom. The molecule has 0 radical (unpaired) electrons. The second-order valence-corrected chi connectivity index (χ2v) is 5.31. The molecule has 1 aliphatic heterocycles. The summed E-state index contributed by atoms with van der Waals surface area (Å²) in [5.74, 6) is -3.44. The summed E-state index contributed by atoms with van der Waals surface area (Å²) in [6.45, 7) is 2.46. The number of alkyl halides is 3. The maximum atomic E-state index is 13.4. The van der Waals surface area contributed by atoms with Crippen LogP contribution < -0.4 is 0 Å². The summed E-state index contributed by atoms with van der Waals surface area (Å²) in [6, 6.07) is 0. The lowest BCUT2D eigenvalue weighted by atomic mass is 9.99. The molecule has 2 nitrogen and oxygen atoms in total. The van der Waals surface area contributed by atoms with E-state index in [9.17, 15) is 13.6 Å². The van der Waals surface area contributed by atoms with Gasteiger partial charge in [0, 0.05) is 25.4 Å². The van der Waals surface area contributed by atoms with Gasteiger partial charge in [-0.05, 0) is 18.8 Å². The van der Waals surface area contributed by atoms with Crippen LogP contribution in [0, 0.1) is 11.8 Å². The molecule has 0 N–H and O–H groups in total. The van der Waals surface area contributed by atoms with Crippen LogP contribution in [0.3, 0.4) is 0 Å². The molecular weight excluding hydrogens is 236 g/mol. The van der Waals surface area contributed by atoms with Crippen molar-refractivity contribution in [2.24, 2.45) is 11.8 Å². The molecular formula is C11H16ClF2NO. The van der Waals surface area contributed by atoms with Crippen molar-refractivity contribution < 1.29 is 13.6 Å². The lowest BCUT2D eigenvalue weighted by Crippen LogP contribution is -2.37. The number of halogens is 3. The van der Waals surface area contributed by atoms with E-state index in [1.165, 1.54) is 4.90 Å². The van der Waals surface area contributed by atoms with Crippen molar-refractivity contribution in [3.63, 3.8) is 0 Å². The fraction of sp³-hybridized carbons (Fsp3) is 0.909. The lowest BCUT2D eigenvalue weighted by Gasteiger charge is -2.22. The van der Waals surface area contributed by atoms with E-state index in [-0.39, 0.29) is 24.8 Å². The lowest BCUT2D eigenvalue weighted by molar-refractivity contribution is -0.130. The Bertz CT molecular complexity index is 298. The molecule has 1 amide bonds. The third-order valence-corrected chi connectivity index (χ3v) is 4.27. The SMILES string of the molecule is CC[C@H](Cl)C(=O)N1C[C@H]2CCC(F)(F)[C@H]2C1. The van der Waals surface area contributed by atoms with Crippen molar-refractivity contribution in [2.45, 2.75) is 37.5 Å². The van der Waals surface area contributed by atoms with E-state index in [1.807, 2.05) is 6.92 Å². The highest BCUT2D eigenvalue weighted by atomic mass is 35.5. The molecule has 1 heterocycles. The summed E-state index contributed by atoms with van der Waals surface area (Å²) in [5.41, 5.74) is 0. The predicted octanol–water partition coefficient (Wildman–Crippen LogP) is 2.51. The Labute approximate surface area is 98.9 Å². The summed E-state index contributed by atoms with van der Waals surface area (Å²) < 4.78 is 26.9. The van der Waals surface area contributed by atoms with Crippen LogP contribution in [0.5, 0.6) is 0 Å². The molecule has 0 spiro atoms. The molecule has 0 aromatic carbocycles. The molecule has 16 heavy (non-hydrogen) atoms. The van der Waals surface area contributed by atoms with Crippen molar-refractivity contribution in [2.75, 3.05) is 13.1 Å². The minimum absolute atomic E-state index is 0.0254. The smallest absolute Gasteiger partial charge is 0.252 e. The third kappa shape index (κ3) is 1.92. The van der Waals surface area contributed by atoms with Gasteiger partial charge in [0.15, 0.2) is 0 Å². The van der Waals surface area contributed by atoms with Crippen LogP contribution in [0.25, 0.3) is 0 Å². The van der Waals surface area contributed by atoms with E-state index in [2.05, 4.69) is 0 Å². The van der Waals surface area contributed by atoms with Gasteiger partial charge in [0.1, 0.15) is 5.38 Å². The van der Waals surface area contributed by atoms with E-state index >= 15 is 0 Å². The number of fused-ring (bicyclic) bond motifs is 1. The number of likely N-dealkylation sites (tertiary alicyclic amines) is 1. The largest absolute Gasteiger partial charge is 0.341 e. The predicted molar refractivity (Wildman–Crippen MR) is 57.7 cm³/mol. The first-order valence-corrected chi connectivity index (χ1v) is 6.20. The van der Waals surface area contributed by atoms with Crippen molar-refractivity contribution in [3.05, 3.63) is 0 Å². The van der Waals surface area contributed by atoms with Crippen LogP contribution >= 0.6 is 11.6 Å². The molecule has 3 atom stereocenters. The minimum atomic E-state index is -2.59. The summed E-state index contributed by atoms with van der Waals surface area (Å²) >= 11 is 5.84. The Kier molecular flexibility index (Phi) is 3.12. The fourth-order valence-electron chi connectivity index (χ4n) is 2.76. The highest BCUT2D eigenvalue weighted by Crippen LogP contribution is 2.48. The Balaban J connectivity index is 2.01. The second kappa shape index (κ2) is 4.13. The summed E-state index contributed by atoms with van der Waals surface area (Å²) in [5, 5.41) is -0.563. The van der Waals surface area contributed by atoms with Crippen LogP contribution in [0.1, 0.15) is 26.2 Å². The molecule has 5 heteroatoms. The molecule has 2 aliphatic rings. The van der Waals surface area contributed by atoms with Crippen molar-refractivity contribution >= 4 is 17.5 Å². The molecule has 1 saturated carbocycles. The van der Waals surface area contributed by atoms with Gasteiger partial charge in [-0.25, -0.2) is 8.78 Å². The monoisotopic (exact) mass is 251 g/mol. The van der Waals surface area contributed by atoms with Gasteiger partial charge in [-0.15, -0.1) is 11.6 Å². The van der Waals surface area contributed by atoms with Crippen LogP contribution in [-0.4, -0.2) is 35.2 Å². The Hall–Kier alpha value is -0.380. The zero-order chi connectivity index (χ0) is 11.9. The van der Waals surface area contributed by atoms with Crippen LogP contribution in [-0.2, 0) is 4.79 Å². The first-order valence-electron chi connectivity index (χ1n) is 5.76. The van der Waals surface area contributed by atoms with Gasteiger partial charge in [-0.3, -0.25) is 4.79 Å². The molecule has 1 saturated heterocycles. The first kappa shape index (κ1) is 12.1. The van der Waals surface area contributed by atoms with Gasteiger partial charge in [0.25, 0.3) is 5.92 Å². The van der Waals surface area contributed by atoms with Gasteiger partial charge in [0.2, 0.25) is 5.91 Å². The molecule has 0 bridgehead atoms. The van der Waals surface area contributed by atoms with Crippen LogP contribution in [0.15, 0.2) is 0 Å². The topological polar surface area (TPSA) is 20.3 Å². The number of nitrogens with zero attached hydrogens (tertiary/aromatic N) is 1. The molecule has 0 aromatic heterocycles. The fourth-order valence-corrected chi connectivity index (χ4v) is 2.90. The van der Waals surface area contributed by atoms with Gasteiger partial charge >= 0.3 is 0 Å². The average molecular weight is 252 g/mol. The first-order chi connectivity index (χ1) is 7.45. The number of hydrogen-bond acceptors (Lipinski definition) is 1. The number of hydrogen-bond donors (Lipinski definition) is 0. The Morgan fingerprint density at radius 1 is 1.56 bits per heavy atom. The standard InChI is InChI=1S/C11H16ClF2NO/c1-2-9(12)10(16)15-5-7-3-4-11(13,14)8(7)6-15/h7-9H,2-6H2,1H3/t7-,8+,9+/m1/s1. The van der Waals surface area contributed by atoms with Gasteiger partial charge in [-0.1, -0.05) is 6.92 Å². The summed E-state index contributed by atoms with van der Waals surface area (Å²) in [4.78, 5) is 13.3.